The average molecular weight is 246 g/mol. The maximum atomic E-state index is 4.41. The first-order valence-electron chi connectivity index (χ1n) is 6.82. The lowest BCUT2D eigenvalue weighted by atomic mass is 9.89. The van der Waals surface area contributed by atoms with Gasteiger partial charge in [-0.3, -0.25) is 4.98 Å². The van der Waals surface area contributed by atoms with Crippen LogP contribution < -0.4 is 5.32 Å². The third-order valence-corrected chi connectivity index (χ3v) is 3.63. The van der Waals surface area contributed by atoms with Gasteiger partial charge in [0.1, 0.15) is 0 Å². The van der Waals surface area contributed by atoms with Crippen LogP contribution in [0.2, 0.25) is 0 Å². The fourth-order valence-corrected chi connectivity index (χ4v) is 2.60. The minimum absolute atomic E-state index is 0.367. The highest BCUT2D eigenvalue weighted by molar-refractivity contribution is 5.53. The Balaban J connectivity index is 2.41. The number of nitrogens with one attached hydrogen (secondary N) is 1. The fraction of sp³-hybridized carbons (Fsp3) is 0.571. The normalized spacial score (nSPS) is 13.3. The lowest BCUT2D eigenvalue weighted by molar-refractivity contribution is 0.348. The van der Waals surface area contributed by atoms with Gasteiger partial charge in [0.15, 0.2) is 0 Å². The van der Waals surface area contributed by atoms with E-state index in [0.29, 0.717) is 12.0 Å². The zero-order valence-electron chi connectivity index (χ0n) is 11.4. The van der Waals surface area contributed by atoms with E-state index >= 15 is 0 Å². The van der Waals surface area contributed by atoms with E-state index in [-0.39, 0.29) is 0 Å². The first-order valence-corrected chi connectivity index (χ1v) is 6.82. The molecule has 18 heavy (non-hydrogen) atoms. The van der Waals surface area contributed by atoms with Gasteiger partial charge >= 0.3 is 0 Å². The van der Waals surface area contributed by atoms with Crippen LogP contribution in [-0.2, 0) is 0 Å². The predicted octanol–water partition coefficient (Wildman–Crippen LogP) is 2.82. The molecular weight excluding hydrogens is 224 g/mol. The van der Waals surface area contributed by atoms with Crippen molar-refractivity contribution < 1.29 is 0 Å². The van der Waals surface area contributed by atoms with Crippen molar-refractivity contribution in [3.8, 4) is 0 Å². The Hall–Kier alpha value is -1.42. The molecule has 98 valence electrons. The number of aromatic nitrogens is 3. The van der Waals surface area contributed by atoms with Crippen molar-refractivity contribution in [2.75, 3.05) is 6.54 Å². The first kappa shape index (κ1) is 13.0. The standard InChI is InChI=1S/C14H22N4/c1-4-11(5-2)14(16-6-3)12-9-17-18-8-7-15-10-13(12)18/h7-11,14,16H,4-6H2,1-3H3. The summed E-state index contributed by atoms with van der Waals surface area (Å²) in [6, 6.07) is 0.367. The summed E-state index contributed by atoms with van der Waals surface area (Å²) in [5.74, 6) is 0.637. The number of fused-ring (bicyclic) bond motifs is 1. The Morgan fingerprint density at radius 2 is 2.00 bits per heavy atom. The van der Waals surface area contributed by atoms with E-state index in [4.69, 9.17) is 0 Å². The highest BCUT2D eigenvalue weighted by Crippen LogP contribution is 2.29. The summed E-state index contributed by atoms with van der Waals surface area (Å²) < 4.78 is 1.90. The number of hydrogen-bond donors (Lipinski definition) is 1. The van der Waals surface area contributed by atoms with Crippen LogP contribution in [0.1, 0.15) is 45.2 Å². The zero-order valence-corrected chi connectivity index (χ0v) is 11.4. The van der Waals surface area contributed by atoms with Crippen LogP contribution in [0.3, 0.4) is 0 Å². The smallest absolute Gasteiger partial charge is 0.0892 e. The minimum atomic E-state index is 0.367. The Labute approximate surface area is 108 Å². The van der Waals surface area contributed by atoms with Crippen molar-refractivity contribution in [1.82, 2.24) is 19.9 Å². The van der Waals surface area contributed by atoms with E-state index in [1.54, 1.807) is 6.20 Å². The van der Waals surface area contributed by atoms with Crippen LogP contribution in [0.15, 0.2) is 24.8 Å². The number of rotatable bonds is 6. The van der Waals surface area contributed by atoms with Gasteiger partial charge in [0, 0.05) is 24.0 Å². The summed E-state index contributed by atoms with van der Waals surface area (Å²) in [5.41, 5.74) is 2.37. The largest absolute Gasteiger partial charge is 0.310 e. The summed E-state index contributed by atoms with van der Waals surface area (Å²) in [6.45, 7) is 7.63. The molecule has 4 heteroatoms. The summed E-state index contributed by atoms with van der Waals surface area (Å²) >= 11 is 0. The Morgan fingerprint density at radius 3 is 2.67 bits per heavy atom. The average Bonchev–Trinajstić information content (AvgIpc) is 2.83. The van der Waals surface area contributed by atoms with Gasteiger partial charge in [-0.15, -0.1) is 0 Å². The second-order valence-corrected chi connectivity index (χ2v) is 4.62. The molecule has 4 nitrogen and oxygen atoms in total. The van der Waals surface area contributed by atoms with E-state index in [1.165, 1.54) is 18.4 Å². The van der Waals surface area contributed by atoms with Gasteiger partial charge in [0.2, 0.25) is 0 Å². The van der Waals surface area contributed by atoms with Crippen LogP contribution in [0.4, 0.5) is 0 Å². The molecular formula is C14H22N4. The van der Waals surface area contributed by atoms with Gasteiger partial charge in [0.05, 0.1) is 17.9 Å². The minimum Gasteiger partial charge on any atom is -0.310 e. The lowest BCUT2D eigenvalue weighted by Gasteiger charge is -2.25. The summed E-state index contributed by atoms with van der Waals surface area (Å²) in [4.78, 5) is 4.21. The van der Waals surface area contributed by atoms with E-state index in [0.717, 1.165) is 12.1 Å². The highest BCUT2D eigenvalue weighted by atomic mass is 15.2. The van der Waals surface area contributed by atoms with Crippen molar-refractivity contribution in [2.24, 2.45) is 5.92 Å². The molecule has 2 heterocycles. The zero-order chi connectivity index (χ0) is 13.0. The Kier molecular flexibility index (Phi) is 4.31. The van der Waals surface area contributed by atoms with Crippen LogP contribution in [0, 0.1) is 5.92 Å². The number of hydrogen-bond acceptors (Lipinski definition) is 3. The third-order valence-electron chi connectivity index (χ3n) is 3.63. The van der Waals surface area contributed by atoms with Crippen molar-refractivity contribution in [2.45, 2.75) is 39.7 Å². The molecule has 0 saturated carbocycles. The van der Waals surface area contributed by atoms with Gasteiger partial charge in [0.25, 0.3) is 0 Å². The highest BCUT2D eigenvalue weighted by Gasteiger charge is 2.22. The van der Waals surface area contributed by atoms with Crippen LogP contribution in [0.5, 0.6) is 0 Å². The van der Waals surface area contributed by atoms with Gasteiger partial charge in [-0.2, -0.15) is 5.10 Å². The Morgan fingerprint density at radius 1 is 1.22 bits per heavy atom. The monoisotopic (exact) mass is 246 g/mol. The first-order chi connectivity index (χ1) is 8.81. The molecule has 0 aliphatic rings. The molecule has 2 aromatic heterocycles. The molecule has 1 atom stereocenters. The van der Waals surface area contributed by atoms with E-state index in [2.05, 4.69) is 36.2 Å². The van der Waals surface area contributed by atoms with E-state index in [9.17, 15) is 0 Å². The molecule has 0 amide bonds. The van der Waals surface area contributed by atoms with Gasteiger partial charge in [-0.05, 0) is 12.5 Å². The van der Waals surface area contributed by atoms with Crippen LogP contribution >= 0.6 is 0 Å². The molecule has 1 N–H and O–H groups in total. The molecule has 0 saturated heterocycles. The van der Waals surface area contributed by atoms with Crippen molar-refractivity contribution in [3.05, 3.63) is 30.4 Å². The van der Waals surface area contributed by atoms with Crippen molar-refractivity contribution in [1.29, 1.82) is 0 Å². The topological polar surface area (TPSA) is 42.2 Å². The predicted molar refractivity (Wildman–Crippen MR) is 73.5 cm³/mol. The molecule has 0 spiro atoms. The number of nitrogens with zero attached hydrogens (tertiary/aromatic N) is 3. The van der Waals surface area contributed by atoms with Crippen molar-refractivity contribution in [3.63, 3.8) is 0 Å². The van der Waals surface area contributed by atoms with Crippen LogP contribution in [0.25, 0.3) is 5.52 Å². The SMILES string of the molecule is CCNC(c1cnn2ccncc12)C(CC)CC. The molecule has 0 aliphatic carbocycles. The van der Waals surface area contributed by atoms with Gasteiger partial charge in [-0.25, -0.2) is 4.52 Å². The quantitative estimate of drug-likeness (QED) is 0.852. The second-order valence-electron chi connectivity index (χ2n) is 4.62. The molecule has 0 aromatic carbocycles. The van der Waals surface area contributed by atoms with Crippen LogP contribution in [-0.4, -0.2) is 21.1 Å². The van der Waals surface area contributed by atoms with Gasteiger partial charge < -0.3 is 5.32 Å². The maximum Gasteiger partial charge on any atom is 0.0892 e. The fourth-order valence-electron chi connectivity index (χ4n) is 2.60. The molecule has 0 fully saturated rings. The second kappa shape index (κ2) is 5.96. The summed E-state index contributed by atoms with van der Waals surface area (Å²) in [5, 5.41) is 8.01. The summed E-state index contributed by atoms with van der Waals surface area (Å²) in [6.07, 6.45) is 9.88. The maximum absolute atomic E-state index is 4.41. The van der Waals surface area contributed by atoms with Crippen molar-refractivity contribution >= 4 is 5.52 Å². The molecule has 0 bridgehead atoms. The third kappa shape index (κ3) is 2.38. The Bertz CT molecular complexity index is 487. The summed E-state index contributed by atoms with van der Waals surface area (Å²) in [7, 11) is 0. The molecule has 0 radical (unpaired) electrons. The molecule has 2 rings (SSSR count). The molecule has 1 unspecified atom stereocenters. The molecule has 2 aromatic rings. The van der Waals surface area contributed by atoms with E-state index < -0.39 is 0 Å². The molecule has 0 aliphatic heterocycles. The lowest BCUT2D eigenvalue weighted by Crippen LogP contribution is -2.27. The van der Waals surface area contributed by atoms with Gasteiger partial charge in [-0.1, -0.05) is 33.6 Å². The van der Waals surface area contributed by atoms with E-state index in [1.807, 2.05) is 23.1 Å².